The summed E-state index contributed by atoms with van der Waals surface area (Å²) in [6, 6.07) is 8.79. The summed E-state index contributed by atoms with van der Waals surface area (Å²) < 4.78 is 18.3. The van der Waals surface area contributed by atoms with Gasteiger partial charge in [0.25, 0.3) is 0 Å². The molecule has 0 saturated carbocycles. The van der Waals surface area contributed by atoms with Crippen molar-refractivity contribution < 1.29 is 14.2 Å². The van der Waals surface area contributed by atoms with Gasteiger partial charge in [0.05, 0.1) is 12.1 Å². The van der Waals surface area contributed by atoms with Crippen molar-refractivity contribution in [2.24, 2.45) is 0 Å². The second-order valence-corrected chi connectivity index (χ2v) is 4.84. The van der Waals surface area contributed by atoms with Gasteiger partial charge in [-0.3, -0.25) is 0 Å². The van der Waals surface area contributed by atoms with E-state index in [0.29, 0.717) is 21.9 Å². The molecule has 0 heterocycles. The van der Waals surface area contributed by atoms with Gasteiger partial charge in [0, 0.05) is 5.02 Å². The lowest BCUT2D eigenvalue weighted by Crippen LogP contribution is -2.01. The first kappa shape index (κ1) is 14.1. The van der Waals surface area contributed by atoms with Gasteiger partial charge in [-0.05, 0) is 41.5 Å². The molecule has 0 aliphatic heterocycles. The fourth-order valence-corrected chi connectivity index (χ4v) is 2.20. The standard InChI is InChI=1S/C14H11Cl2FO2/c1-19-13-6-8(2-3-12(13)16)14(18)9-4-10(15)7-11(17)5-9/h2-7,14,18H,1H3. The van der Waals surface area contributed by atoms with Gasteiger partial charge < -0.3 is 9.84 Å². The van der Waals surface area contributed by atoms with Crippen LogP contribution in [0.1, 0.15) is 17.2 Å². The molecule has 0 spiro atoms. The van der Waals surface area contributed by atoms with Crippen molar-refractivity contribution in [3.63, 3.8) is 0 Å². The normalized spacial score (nSPS) is 12.3. The van der Waals surface area contributed by atoms with E-state index in [1.807, 2.05) is 0 Å². The lowest BCUT2D eigenvalue weighted by Gasteiger charge is -2.14. The fourth-order valence-electron chi connectivity index (χ4n) is 1.77. The highest BCUT2D eigenvalue weighted by molar-refractivity contribution is 6.32. The van der Waals surface area contributed by atoms with Gasteiger partial charge in [-0.15, -0.1) is 0 Å². The van der Waals surface area contributed by atoms with Crippen LogP contribution in [0.25, 0.3) is 0 Å². The molecular weight excluding hydrogens is 290 g/mol. The van der Waals surface area contributed by atoms with Crippen molar-refractivity contribution >= 4 is 23.2 Å². The average molecular weight is 301 g/mol. The van der Waals surface area contributed by atoms with Crippen LogP contribution in [0.15, 0.2) is 36.4 Å². The molecule has 0 amide bonds. The summed E-state index contributed by atoms with van der Waals surface area (Å²) >= 11 is 11.7. The topological polar surface area (TPSA) is 29.5 Å². The first-order valence-electron chi connectivity index (χ1n) is 5.48. The van der Waals surface area contributed by atoms with Crippen molar-refractivity contribution in [1.82, 2.24) is 0 Å². The minimum Gasteiger partial charge on any atom is -0.495 e. The number of rotatable bonds is 3. The van der Waals surface area contributed by atoms with E-state index >= 15 is 0 Å². The molecule has 100 valence electrons. The first-order chi connectivity index (χ1) is 9.01. The number of ether oxygens (including phenoxy) is 1. The van der Waals surface area contributed by atoms with Crippen LogP contribution < -0.4 is 4.74 Å². The van der Waals surface area contributed by atoms with Crippen molar-refractivity contribution in [1.29, 1.82) is 0 Å². The third-order valence-corrected chi connectivity index (χ3v) is 3.22. The van der Waals surface area contributed by atoms with Gasteiger partial charge in [0.15, 0.2) is 0 Å². The largest absolute Gasteiger partial charge is 0.495 e. The maximum Gasteiger partial charge on any atom is 0.137 e. The summed E-state index contributed by atoms with van der Waals surface area (Å²) in [5.41, 5.74) is 0.914. The number of hydrogen-bond donors (Lipinski definition) is 1. The van der Waals surface area contributed by atoms with Gasteiger partial charge in [-0.2, -0.15) is 0 Å². The molecule has 0 aliphatic rings. The molecule has 1 unspecified atom stereocenters. The number of benzene rings is 2. The molecule has 0 saturated heterocycles. The summed E-state index contributed by atoms with van der Waals surface area (Å²) in [5, 5.41) is 10.9. The van der Waals surface area contributed by atoms with Gasteiger partial charge in [-0.1, -0.05) is 29.3 Å². The zero-order valence-electron chi connectivity index (χ0n) is 10.0. The van der Waals surface area contributed by atoms with E-state index in [9.17, 15) is 9.50 Å². The summed E-state index contributed by atoms with van der Waals surface area (Å²) in [4.78, 5) is 0. The van der Waals surface area contributed by atoms with Crippen LogP contribution in [-0.2, 0) is 0 Å². The Balaban J connectivity index is 2.40. The minimum absolute atomic E-state index is 0.231. The van der Waals surface area contributed by atoms with Crippen molar-refractivity contribution in [2.45, 2.75) is 6.10 Å². The third kappa shape index (κ3) is 3.18. The van der Waals surface area contributed by atoms with Gasteiger partial charge in [-0.25, -0.2) is 4.39 Å². The van der Waals surface area contributed by atoms with Crippen LogP contribution in [0.5, 0.6) is 5.75 Å². The maximum atomic E-state index is 13.3. The molecule has 0 fully saturated rings. The molecule has 1 atom stereocenters. The lowest BCUT2D eigenvalue weighted by atomic mass is 10.0. The third-order valence-electron chi connectivity index (χ3n) is 2.69. The van der Waals surface area contributed by atoms with Crippen LogP contribution in [0.2, 0.25) is 10.0 Å². The second kappa shape index (κ2) is 5.78. The molecule has 0 bridgehead atoms. The predicted molar refractivity (Wildman–Crippen MR) is 73.5 cm³/mol. The monoisotopic (exact) mass is 300 g/mol. The Labute approximate surface area is 120 Å². The number of methoxy groups -OCH3 is 1. The molecule has 5 heteroatoms. The molecule has 2 aromatic rings. The van der Waals surface area contributed by atoms with E-state index in [2.05, 4.69) is 0 Å². The Morgan fingerprint density at radius 3 is 2.47 bits per heavy atom. The van der Waals surface area contributed by atoms with Gasteiger partial charge in [0.2, 0.25) is 0 Å². The Hall–Kier alpha value is -1.29. The smallest absolute Gasteiger partial charge is 0.137 e. The van der Waals surface area contributed by atoms with Crippen LogP contribution in [0.3, 0.4) is 0 Å². The Morgan fingerprint density at radius 1 is 1.11 bits per heavy atom. The highest BCUT2D eigenvalue weighted by atomic mass is 35.5. The first-order valence-corrected chi connectivity index (χ1v) is 6.24. The van der Waals surface area contributed by atoms with E-state index in [1.54, 1.807) is 18.2 Å². The summed E-state index contributed by atoms with van der Waals surface area (Å²) in [7, 11) is 1.48. The van der Waals surface area contributed by atoms with Crippen LogP contribution in [0.4, 0.5) is 4.39 Å². The molecule has 0 aromatic heterocycles. The van der Waals surface area contributed by atoms with Crippen molar-refractivity contribution in [2.75, 3.05) is 7.11 Å². The van der Waals surface area contributed by atoms with Gasteiger partial charge >= 0.3 is 0 Å². The average Bonchev–Trinajstić information content (AvgIpc) is 2.37. The molecule has 2 aromatic carbocycles. The lowest BCUT2D eigenvalue weighted by molar-refractivity contribution is 0.219. The van der Waals surface area contributed by atoms with Gasteiger partial charge in [0.1, 0.15) is 17.7 Å². The minimum atomic E-state index is -1.00. The van der Waals surface area contributed by atoms with Crippen LogP contribution in [0, 0.1) is 5.82 Å². The molecule has 0 radical (unpaired) electrons. The maximum absolute atomic E-state index is 13.3. The Morgan fingerprint density at radius 2 is 1.84 bits per heavy atom. The molecule has 2 nitrogen and oxygen atoms in total. The Bertz CT molecular complexity index is 582. The van der Waals surface area contributed by atoms with Crippen molar-refractivity contribution in [3.8, 4) is 5.75 Å². The van der Waals surface area contributed by atoms with E-state index in [0.717, 1.165) is 0 Å². The molecule has 1 N–H and O–H groups in total. The SMILES string of the molecule is COc1cc(C(O)c2cc(F)cc(Cl)c2)ccc1Cl. The predicted octanol–water partition coefficient (Wildman–Crippen LogP) is 4.22. The number of aliphatic hydroxyl groups is 1. The zero-order valence-corrected chi connectivity index (χ0v) is 11.5. The second-order valence-electron chi connectivity index (χ2n) is 4.00. The van der Waals surface area contributed by atoms with E-state index < -0.39 is 11.9 Å². The van der Waals surface area contributed by atoms with Crippen LogP contribution in [-0.4, -0.2) is 12.2 Å². The quantitative estimate of drug-likeness (QED) is 0.919. The summed E-state index contributed by atoms with van der Waals surface area (Å²) in [5.74, 6) is -0.0526. The number of halogens is 3. The molecular formula is C14H11Cl2FO2. The van der Waals surface area contributed by atoms with Crippen LogP contribution >= 0.6 is 23.2 Å². The van der Waals surface area contributed by atoms with E-state index in [4.69, 9.17) is 27.9 Å². The summed E-state index contributed by atoms with van der Waals surface area (Å²) in [6.07, 6.45) is -1.00. The van der Waals surface area contributed by atoms with E-state index in [-0.39, 0.29) is 5.02 Å². The summed E-state index contributed by atoms with van der Waals surface area (Å²) in [6.45, 7) is 0. The zero-order chi connectivity index (χ0) is 14.0. The molecule has 2 rings (SSSR count). The molecule has 0 aliphatic carbocycles. The number of aliphatic hydroxyl groups excluding tert-OH is 1. The Kier molecular flexibility index (Phi) is 4.30. The highest BCUT2D eigenvalue weighted by Crippen LogP contribution is 2.31. The molecule has 19 heavy (non-hydrogen) atoms. The van der Waals surface area contributed by atoms with Crippen molar-refractivity contribution in [3.05, 3.63) is 63.4 Å². The van der Waals surface area contributed by atoms with E-state index in [1.165, 1.54) is 25.3 Å². The number of hydrogen-bond acceptors (Lipinski definition) is 2. The fraction of sp³-hybridized carbons (Fsp3) is 0.143. The highest BCUT2D eigenvalue weighted by Gasteiger charge is 2.14.